The van der Waals surface area contributed by atoms with Crippen molar-refractivity contribution >= 4 is 0 Å². The zero-order valence-electron chi connectivity index (χ0n) is 12.6. The fraction of sp³-hybridized carbons (Fsp3) is 0.867. The Morgan fingerprint density at radius 2 is 1.89 bits per heavy atom. The van der Waals surface area contributed by atoms with Gasteiger partial charge in [-0.3, -0.25) is 0 Å². The highest BCUT2D eigenvalue weighted by Gasteiger charge is 2.32. The molecule has 4 nitrogen and oxygen atoms in total. The van der Waals surface area contributed by atoms with Crippen molar-refractivity contribution in [3.8, 4) is 0 Å². The second-order valence-corrected chi connectivity index (χ2v) is 6.92. The van der Waals surface area contributed by atoms with Gasteiger partial charge in [0.15, 0.2) is 5.82 Å². The van der Waals surface area contributed by atoms with Crippen molar-refractivity contribution in [2.45, 2.75) is 71.8 Å². The van der Waals surface area contributed by atoms with Crippen molar-refractivity contribution in [3.05, 3.63) is 11.7 Å². The molecule has 0 radical (unpaired) electrons. The van der Waals surface area contributed by atoms with Crippen molar-refractivity contribution in [3.63, 3.8) is 0 Å². The standard InChI is InChI=1S/C15H27N3O/c1-5-12(16)14-17-13(18-19-14)10-6-8-11(9-7-10)15(2,3)4/h10-12H,5-9,16H2,1-4H3/t10?,11?,12-/m0/s1. The molecule has 108 valence electrons. The molecule has 0 saturated heterocycles. The number of hydrogen-bond acceptors (Lipinski definition) is 4. The Kier molecular flexibility index (Phi) is 4.29. The largest absolute Gasteiger partial charge is 0.338 e. The molecule has 1 aromatic heterocycles. The van der Waals surface area contributed by atoms with Crippen LogP contribution in [0.4, 0.5) is 0 Å². The fourth-order valence-corrected chi connectivity index (χ4v) is 2.96. The van der Waals surface area contributed by atoms with Crippen molar-refractivity contribution in [1.82, 2.24) is 10.1 Å². The van der Waals surface area contributed by atoms with E-state index >= 15 is 0 Å². The summed E-state index contributed by atoms with van der Waals surface area (Å²) in [5, 5.41) is 4.13. The predicted octanol–water partition coefficient (Wildman–Crippen LogP) is 3.80. The van der Waals surface area contributed by atoms with Crippen LogP contribution in [0.2, 0.25) is 0 Å². The van der Waals surface area contributed by atoms with E-state index in [0.717, 1.165) is 18.2 Å². The Labute approximate surface area is 116 Å². The maximum atomic E-state index is 5.92. The van der Waals surface area contributed by atoms with Crippen LogP contribution in [0, 0.1) is 11.3 Å². The van der Waals surface area contributed by atoms with Gasteiger partial charge in [-0.25, -0.2) is 0 Å². The SMILES string of the molecule is CC[C@H](N)c1nc(C2CCC(C(C)(C)C)CC2)no1. The first-order chi connectivity index (χ1) is 8.91. The minimum absolute atomic E-state index is 0.118. The molecular weight excluding hydrogens is 238 g/mol. The van der Waals surface area contributed by atoms with Crippen molar-refractivity contribution in [2.24, 2.45) is 17.1 Å². The number of nitrogens with two attached hydrogens (primary N) is 1. The molecule has 0 amide bonds. The molecule has 1 aliphatic rings. The number of aromatic nitrogens is 2. The third kappa shape index (κ3) is 3.35. The Balaban J connectivity index is 1.96. The van der Waals surface area contributed by atoms with Gasteiger partial charge in [0.05, 0.1) is 6.04 Å². The van der Waals surface area contributed by atoms with Crippen LogP contribution < -0.4 is 5.73 Å². The molecule has 0 aromatic carbocycles. The van der Waals surface area contributed by atoms with Gasteiger partial charge in [-0.05, 0) is 43.4 Å². The summed E-state index contributed by atoms with van der Waals surface area (Å²) >= 11 is 0. The summed E-state index contributed by atoms with van der Waals surface area (Å²) in [6, 6.07) is -0.118. The summed E-state index contributed by atoms with van der Waals surface area (Å²) in [5.74, 6) is 2.73. The van der Waals surface area contributed by atoms with E-state index in [4.69, 9.17) is 10.3 Å². The summed E-state index contributed by atoms with van der Waals surface area (Å²) in [6.45, 7) is 9.04. The Morgan fingerprint density at radius 1 is 1.26 bits per heavy atom. The van der Waals surface area contributed by atoms with E-state index in [1.807, 2.05) is 6.92 Å². The van der Waals surface area contributed by atoms with Crippen LogP contribution in [-0.2, 0) is 0 Å². The lowest BCUT2D eigenvalue weighted by Gasteiger charge is -2.36. The van der Waals surface area contributed by atoms with Crippen LogP contribution in [0.1, 0.15) is 83.5 Å². The first-order valence-corrected chi connectivity index (χ1v) is 7.51. The van der Waals surface area contributed by atoms with E-state index in [2.05, 4.69) is 30.9 Å². The van der Waals surface area contributed by atoms with Crippen molar-refractivity contribution < 1.29 is 4.52 Å². The minimum Gasteiger partial charge on any atom is -0.338 e. The van der Waals surface area contributed by atoms with E-state index in [9.17, 15) is 0 Å². The first kappa shape index (κ1) is 14.5. The molecular formula is C15H27N3O. The molecule has 1 heterocycles. The summed E-state index contributed by atoms with van der Waals surface area (Å²) in [4.78, 5) is 4.49. The topological polar surface area (TPSA) is 64.9 Å². The molecule has 0 unspecified atom stereocenters. The highest BCUT2D eigenvalue weighted by molar-refractivity contribution is 5.00. The lowest BCUT2D eigenvalue weighted by molar-refractivity contribution is 0.166. The van der Waals surface area contributed by atoms with Crippen molar-refractivity contribution in [1.29, 1.82) is 0 Å². The van der Waals surface area contributed by atoms with Gasteiger partial charge in [-0.1, -0.05) is 32.9 Å². The predicted molar refractivity (Wildman–Crippen MR) is 75.7 cm³/mol. The molecule has 0 spiro atoms. The Morgan fingerprint density at radius 3 is 2.42 bits per heavy atom. The lowest BCUT2D eigenvalue weighted by atomic mass is 9.70. The van der Waals surface area contributed by atoms with Gasteiger partial charge in [0.1, 0.15) is 0 Å². The third-order valence-corrected chi connectivity index (χ3v) is 4.53. The van der Waals surface area contributed by atoms with E-state index < -0.39 is 0 Å². The van der Waals surface area contributed by atoms with Crippen molar-refractivity contribution in [2.75, 3.05) is 0 Å². The second-order valence-electron chi connectivity index (χ2n) is 6.92. The first-order valence-electron chi connectivity index (χ1n) is 7.51. The molecule has 1 saturated carbocycles. The highest BCUT2D eigenvalue weighted by atomic mass is 16.5. The summed E-state index contributed by atoms with van der Waals surface area (Å²) < 4.78 is 5.28. The number of hydrogen-bond donors (Lipinski definition) is 1. The monoisotopic (exact) mass is 265 g/mol. The van der Waals surface area contributed by atoms with Crippen LogP contribution in [0.3, 0.4) is 0 Å². The number of nitrogens with zero attached hydrogens (tertiary/aromatic N) is 2. The third-order valence-electron chi connectivity index (χ3n) is 4.53. The maximum absolute atomic E-state index is 5.92. The van der Waals surface area contributed by atoms with Gasteiger partial charge in [-0.2, -0.15) is 4.98 Å². The van der Waals surface area contributed by atoms with E-state index in [-0.39, 0.29) is 6.04 Å². The molecule has 2 N–H and O–H groups in total. The molecule has 2 rings (SSSR count). The van der Waals surface area contributed by atoms with Crippen LogP contribution in [-0.4, -0.2) is 10.1 Å². The van der Waals surface area contributed by atoms with Crippen LogP contribution in [0.5, 0.6) is 0 Å². The van der Waals surface area contributed by atoms with Crippen LogP contribution in [0.25, 0.3) is 0 Å². The molecule has 4 heteroatoms. The summed E-state index contributed by atoms with van der Waals surface area (Å²) in [7, 11) is 0. The van der Waals surface area contributed by atoms with Crippen LogP contribution in [0.15, 0.2) is 4.52 Å². The van der Waals surface area contributed by atoms with Gasteiger partial charge in [0, 0.05) is 5.92 Å². The van der Waals surface area contributed by atoms with E-state index in [1.54, 1.807) is 0 Å². The lowest BCUT2D eigenvalue weighted by Crippen LogP contribution is -2.25. The maximum Gasteiger partial charge on any atom is 0.243 e. The highest BCUT2D eigenvalue weighted by Crippen LogP contribution is 2.42. The zero-order chi connectivity index (χ0) is 14.0. The molecule has 1 aliphatic carbocycles. The molecule has 19 heavy (non-hydrogen) atoms. The average Bonchev–Trinajstić information content (AvgIpc) is 2.86. The fourth-order valence-electron chi connectivity index (χ4n) is 2.96. The van der Waals surface area contributed by atoms with Crippen LogP contribution >= 0.6 is 0 Å². The summed E-state index contributed by atoms with van der Waals surface area (Å²) in [6.07, 6.45) is 5.69. The smallest absolute Gasteiger partial charge is 0.243 e. The second kappa shape index (κ2) is 5.61. The van der Waals surface area contributed by atoms with Gasteiger partial charge in [-0.15, -0.1) is 0 Å². The number of rotatable bonds is 3. The normalized spacial score (nSPS) is 26.4. The van der Waals surface area contributed by atoms with Gasteiger partial charge in [0.2, 0.25) is 5.89 Å². The van der Waals surface area contributed by atoms with E-state index in [1.165, 1.54) is 25.7 Å². The molecule has 1 fully saturated rings. The van der Waals surface area contributed by atoms with E-state index in [0.29, 0.717) is 17.2 Å². The van der Waals surface area contributed by atoms with Gasteiger partial charge >= 0.3 is 0 Å². The summed E-state index contributed by atoms with van der Waals surface area (Å²) in [5.41, 5.74) is 6.33. The quantitative estimate of drug-likeness (QED) is 0.902. The molecule has 1 atom stereocenters. The zero-order valence-corrected chi connectivity index (χ0v) is 12.6. The molecule has 1 aromatic rings. The molecule has 0 aliphatic heterocycles. The molecule has 0 bridgehead atoms. The van der Waals surface area contributed by atoms with Gasteiger partial charge < -0.3 is 10.3 Å². The average molecular weight is 265 g/mol. The van der Waals surface area contributed by atoms with Gasteiger partial charge in [0.25, 0.3) is 0 Å². The Bertz CT molecular complexity index is 400. The Hall–Kier alpha value is -0.900. The minimum atomic E-state index is -0.118.